The summed E-state index contributed by atoms with van der Waals surface area (Å²) in [6.45, 7) is 0. The number of carbonyl (C=O) groups is 1. The highest BCUT2D eigenvalue weighted by Crippen LogP contribution is 2.28. The van der Waals surface area contributed by atoms with Crippen LogP contribution in [0.3, 0.4) is 0 Å². The Labute approximate surface area is 120 Å². The lowest BCUT2D eigenvalue weighted by Gasteiger charge is -2.03. The maximum atomic E-state index is 11.3. The smallest absolute Gasteiger partial charge is 0.358 e. The number of thiazole rings is 1. The second-order valence-corrected chi connectivity index (χ2v) is 5.47. The van der Waals surface area contributed by atoms with Gasteiger partial charge in [-0.05, 0) is 24.3 Å². The molecule has 0 bridgehead atoms. The molecule has 2 aromatic heterocycles. The molecule has 0 radical (unpaired) electrons. The number of hydrogen-bond acceptors (Lipinski definition) is 4. The molecule has 1 N–H and O–H groups in total. The van der Waals surface area contributed by atoms with Crippen molar-refractivity contribution in [2.45, 2.75) is 0 Å². The summed E-state index contributed by atoms with van der Waals surface area (Å²) in [5, 5.41) is 11.0. The van der Waals surface area contributed by atoms with Crippen LogP contribution in [-0.4, -0.2) is 20.5 Å². The Balaban J connectivity index is 2.04. The molecule has 0 aliphatic rings. The lowest BCUT2D eigenvalue weighted by molar-refractivity contribution is 0.0686. The number of carboxylic acid groups (broad SMARTS) is 1. The highest BCUT2D eigenvalue weighted by atomic mass is 79.9. The Kier molecular flexibility index (Phi) is 3.00. The van der Waals surface area contributed by atoms with E-state index in [4.69, 9.17) is 4.74 Å². The second-order valence-electron chi connectivity index (χ2n) is 3.68. The van der Waals surface area contributed by atoms with Gasteiger partial charge in [0.15, 0.2) is 10.7 Å². The van der Waals surface area contributed by atoms with Gasteiger partial charge in [0.1, 0.15) is 5.75 Å². The van der Waals surface area contributed by atoms with Crippen molar-refractivity contribution in [1.29, 1.82) is 0 Å². The lowest BCUT2D eigenvalue weighted by Crippen LogP contribution is -2.02. The van der Waals surface area contributed by atoms with Gasteiger partial charge in [-0.3, -0.25) is 4.40 Å². The van der Waals surface area contributed by atoms with E-state index in [0.29, 0.717) is 10.7 Å². The normalized spacial score (nSPS) is 10.8. The van der Waals surface area contributed by atoms with E-state index in [1.165, 1.54) is 15.7 Å². The topological polar surface area (TPSA) is 63.8 Å². The predicted molar refractivity (Wildman–Crippen MR) is 74.2 cm³/mol. The molecule has 0 unspecified atom stereocenters. The molecule has 0 spiro atoms. The van der Waals surface area contributed by atoms with Crippen molar-refractivity contribution in [1.82, 2.24) is 9.38 Å². The van der Waals surface area contributed by atoms with Crippen molar-refractivity contribution in [3.63, 3.8) is 0 Å². The molecule has 19 heavy (non-hydrogen) atoms. The first-order valence-corrected chi connectivity index (χ1v) is 6.94. The van der Waals surface area contributed by atoms with E-state index in [1.807, 2.05) is 12.1 Å². The fourth-order valence-corrected chi connectivity index (χ4v) is 2.62. The number of rotatable bonds is 3. The van der Waals surface area contributed by atoms with Gasteiger partial charge in [-0.1, -0.05) is 15.9 Å². The largest absolute Gasteiger partial charge is 0.476 e. The average Bonchev–Trinajstić information content (AvgIpc) is 2.91. The number of halogens is 1. The van der Waals surface area contributed by atoms with Crippen LogP contribution in [0.2, 0.25) is 0 Å². The first-order valence-electron chi connectivity index (χ1n) is 5.27. The zero-order valence-electron chi connectivity index (χ0n) is 9.41. The van der Waals surface area contributed by atoms with Crippen LogP contribution in [0.5, 0.6) is 11.6 Å². The van der Waals surface area contributed by atoms with Gasteiger partial charge in [-0.15, -0.1) is 11.3 Å². The number of benzene rings is 1. The Morgan fingerprint density at radius 2 is 2.11 bits per heavy atom. The highest BCUT2D eigenvalue weighted by Gasteiger charge is 2.21. The van der Waals surface area contributed by atoms with Gasteiger partial charge in [0.25, 0.3) is 5.88 Å². The summed E-state index contributed by atoms with van der Waals surface area (Å²) in [5.74, 6) is -0.434. The third-order valence-electron chi connectivity index (χ3n) is 2.46. The lowest BCUT2D eigenvalue weighted by atomic mass is 10.3. The number of carboxylic acids is 1. The molecular formula is C12H7BrN2O3S. The Hall–Kier alpha value is -1.86. The Morgan fingerprint density at radius 1 is 1.37 bits per heavy atom. The maximum Gasteiger partial charge on any atom is 0.358 e. The molecule has 0 amide bonds. The first-order chi connectivity index (χ1) is 9.15. The zero-order chi connectivity index (χ0) is 13.4. The number of nitrogens with zero attached hydrogens (tertiary/aromatic N) is 2. The van der Waals surface area contributed by atoms with Crippen molar-refractivity contribution in [2.75, 3.05) is 0 Å². The van der Waals surface area contributed by atoms with Crippen LogP contribution < -0.4 is 4.74 Å². The van der Waals surface area contributed by atoms with Gasteiger partial charge in [0.2, 0.25) is 0 Å². The van der Waals surface area contributed by atoms with E-state index < -0.39 is 5.97 Å². The number of fused-ring (bicyclic) bond motifs is 1. The van der Waals surface area contributed by atoms with E-state index >= 15 is 0 Å². The summed E-state index contributed by atoms with van der Waals surface area (Å²) in [7, 11) is 0. The van der Waals surface area contributed by atoms with Gasteiger partial charge in [0, 0.05) is 16.0 Å². The van der Waals surface area contributed by atoms with Crippen molar-refractivity contribution < 1.29 is 14.6 Å². The average molecular weight is 339 g/mol. The zero-order valence-corrected chi connectivity index (χ0v) is 11.8. The van der Waals surface area contributed by atoms with Gasteiger partial charge in [-0.25, -0.2) is 4.79 Å². The monoisotopic (exact) mass is 338 g/mol. The van der Waals surface area contributed by atoms with Gasteiger partial charge in [-0.2, -0.15) is 4.98 Å². The number of hydrogen-bond donors (Lipinski definition) is 1. The second kappa shape index (κ2) is 4.67. The molecule has 0 saturated carbocycles. The maximum absolute atomic E-state index is 11.3. The molecule has 0 fully saturated rings. The van der Waals surface area contributed by atoms with Crippen molar-refractivity contribution >= 4 is 38.2 Å². The number of aromatic nitrogens is 2. The van der Waals surface area contributed by atoms with Crippen LogP contribution in [0, 0.1) is 0 Å². The molecule has 3 rings (SSSR count). The van der Waals surface area contributed by atoms with Gasteiger partial charge in [0.05, 0.1) is 0 Å². The summed E-state index contributed by atoms with van der Waals surface area (Å²) >= 11 is 4.68. The van der Waals surface area contributed by atoms with E-state index in [1.54, 1.807) is 23.7 Å². The highest BCUT2D eigenvalue weighted by molar-refractivity contribution is 9.10. The minimum atomic E-state index is -1.07. The molecule has 2 heterocycles. The molecule has 1 aromatic carbocycles. The van der Waals surface area contributed by atoms with E-state index in [9.17, 15) is 9.90 Å². The number of imidazole rings is 1. The summed E-state index contributed by atoms with van der Waals surface area (Å²) in [5.41, 5.74) is 0.0270. The minimum Gasteiger partial charge on any atom is -0.476 e. The molecule has 0 atom stereocenters. The van der Waals surface area contributed by atoms with E-state index in [2.05, 4.69) is 20.9 Å². The molecular weight excluding hydrogens is 332 g/mol. The van der Waals surface area contributed by atoms with Gasteiger partial charge >= 0.3 is 5.97 Å². The quantitative estimate of drug-likeness (QED) is 0.791. The SMILES string of the molecule is O=C(O)c1c(Oc2ccc(Br)cc2)nc2sccn12. The van der Waals surface area contributed by atoms with Crippen molar-refractivity contribution in [3.05, 3.63) is 46.0 Å². The van der Waals surface area contributed by atoms with Crippen molar-refractivity contribution in [3.8, 4) is 11.6 Å². The molecule has 0 aliphatic carbocycles. The number of aromatic carboxylic acids is 1. The molecule has 96 valence electrons. The molecule has 3 aromatic rings. The standard InChI is InChI=1S/C12H7BrN2O3S/c13-7-1-3-8(4-2-7)18-10-9(11(16)17)15-5-6-19-12(15)14-10/h1-6H,(H,16,17). The Morgan fingerprint density at radius 3 is 2.79 bits per heavy atom. The van der Waals surface area contributed by atoms with Gasteiger partial charge < -0.3 is 9.84 Å². The van der Waals surface area contributed by atoms with Crippen LogP contribution in [-0.2, 0) is 0 Å². The predicted octanol–water partition coefficient (Wildman–Crippen LogP) is 3.65. The van der Waals surface area contributed by atoms with Crippen LogP contribution in [0.25, 0.3) is 4.96 Å². The van der Waals surface area contributed by atoms with Crippen molar-refractivity contribution in [2.24, 2.45) is 0 Å². The third kappa shape index (κ3) is 2.22. The molecule has 5 nitrogen and oxygen atoms in total. The third-order valence-corrected chi connectivity index (χ3v) is 3.75. The fourth-order valence-electron chi connectivity index (χ4n) is 1.65. The molecule has 0 aliphatic heterocycles. The van der Waals surface area contributed by atoms with Crippen LogP contribution in [0.4, 0.5) is 0 Å². The Bertz CT molecular complexity index is 748. The summed E-state index contributed by atoms with van der Waals surface area (Å²) in [4.78, 5) is 16.1. The summed E-state index contributed by atoms with van der Waals surface area (Å²) < 4.78 is 7.96. The van der Waals surface area contributed by atoms with E-state index in [0.717, 1.165) is 4.47 Å². The van der Waals surface area contributed by atoms with Crippen LogP contribution >= 0.6 is 27.3 Å². The molecule has 0 saturated heterocycles. The first kappa shape index (κ1) is 12.2. The summed E-state index contributed by atoms with van der Waals surface area (Å²) in [6.07, 6.45) is 1.66. The number of ether oxygens (including phenoxy) is 1. The molecule has 7 heteroatoms. The van der Waals surface area contributed by atoms with E-state index in [-0.39, 0.29) is 11.6 Å². The van der Waals surface area contributed by atoms with Crippen LogP contribution in [0.1, 0.15) is 10.5 Å². The minimum absolute atomic E-state index is 0.0270. The summed E-state index contributed by atoms with van der Waals surface area (Å²) in [6, 6.07) is 7.11. The van der Waals surface area contributed by atoms with Crippen LogP contribution in [0.15, 0.2) is 40.3 Å². The fraction of sp³-hybridized carbons (Fsp3) is 0.